The summed E-state index contributed by atoms with van der Waals surface area (Å²) in [6.45, 7) is 1.13. The van der Waals surface area contributed by atoms with E-state index < -0.39 is 0 Å². The number of rotatable bonds is 1. The standard InChI is InChI=1S/C13H15ClN2/c14-11-6-10(7-15-8-11)12-4-3-9-2-1-5-16-13(9)12/h4,6-9,13,16H,1-3,5H2/t9-,13-/m0/s1. The molecule has 1 fully saturated rings. The van der Waals surface area contributed by atoms with Gasteiger partial charge in [-0.2, -0.15) is 0 Å². The van der Waals surface area contributed by atoms with Gasteiger partial charge in [0.2, 0.25) is 0 Å². The van der Waals surface area contributed by atoms with E-state index >= 15 is 0 Å². The van der Waals surface area contributed by atoms with Crippen LogP contribution in [0.25, 0.3) is 5.57 Å². The molecular weight excluding hydrogens is 220 g/mol. The summed E-state index contributed by atoms with van der Waals surface area (Å²) in [5, 5.41) is 4.33. The number of nitrogens with one attached hydrogen (secondary N) is 1. The van der Waals surface area contributed by atoms with Crippen molar-refractivity contribution in [2.75, 3.05) is 6.54 Å². The van der Waals surface area contributed by atoms with Gasteiger partial charge in [-0.05, 0) is 48.9 Å². The molecule has 0 bridgehead atoms. The van der Waals surface area contributed by atoms with Gasteiger partial charge >= 0.3 is 0 Å². The molecule has 3 heteroatoms. The molecule has 1 N–H and O–H groups in total. The smallest absolute Gasteiger partial charge is 0.0595 e. The van der Waals surface area contributed by atoms with Gasteiger partial charge in [0.05, 0.1) is 5.02 Å². The average Bonchev–Trinajstić information content (AvgIpc) is 2.72. The fourth-order valence-electron chi connectivity index (χ4n) is 2.85. The van der Waals surface area contributed by atoms with E-state index in [-0.39, 0.29) is 0 Å². The predicted octanol–water partition coefficient (Wildman–Crippen LogP) is 2.89. The van der Waals surface area contributed by atoms with E-state index in [1.54, 1.807) is 6.20 Å². The van der Waals surface area contributed by atoms with Crippen molar-refractivity contribution in [3.8, 4) is 0 Å². The Labute approximate surface area is 101 Å². The SMILES string of the molecule is Clc1cncc(C2=CC[C@@H]3CCCN[C@H]23)c1. The van der Waals surface area contributed by atoms with Crippen LogP contribution in [0.3, 0.4) is 0 Å². The maximum Gasteiger partial charge on any atom is 0.0595 e. The van der Waals surface area contributed by atoms with E-state index in [1.807, 2.05) is 12.3 Å². The molecular formula is C13H15ClN2. The summed E-state index contributed by atoms with van der Waals surface area (Å²) < 4.78 is 0. The first-order valence-corrected chi connectivity index (χ1v) is 6.27. The highest BCUT2D eigenvalue weighted by Gasteiger charge is 2.32. The van der Waals surface area contributed by atoms with Crippen molar-refractivity contribution >= 4 is 17.2 Å². The highest BCUT2D eigenvalue weighted by molar-refractivity contribution is 6.30. The molecule has 1 saturated heterocycles. The molecule has 3 rings (SSSR count). The summed E-state index contributed by atoms with van der Waals surface area (Å²) in [5.74, 6) is 0.780. The quantitative estimate of drug-likeness (QED) is 0.808. The molecule has 1 aromatic rings. The molecule has 0 amide bonds. The lowest BCUT2D eigenvalue weighted by Crippen LogP contribution is -2.39. The van der Waals surface area contributed by atoms with E-state index in [2.05, 4.69) is 16.4 Å². The molecule has 0 unspecified atom stereocenters. The normalized spacial score (nSPS) is 28.7. The highest BCUT2D eigenvalue weighted by atomic mass is 35.5. The molecule has 1 aliphatic heterocycles. The van der Waals surface area contributed by atoms with Crippen LogP contribution >= 0.6 is 11.6 Å². The Balaban J connectivity index is 1.90. The first kappa shape index (κ1) is 10.3. The monoisotopic (exact) mass is 234 g/mol. The third-order valence-electron chi connectivity index (χ3n) is 3.60. The number of pyridine rings is 1. The molecule has 0 spiro atoms. The minimum Gasteiger partial charge on any atom is -0.310 e. The minimum absolute atomic E-state index is 0.522. The number of fused-ring (bicyclic) bond motifs is 1. The van der Waals surface area contributed by atoms with Crippen LogP contribution in [0.2, 0.25) is 5.02 Å². The fraction of sp³-hybridized carbons (Fsp3) is 0.462. The first-order chi connectivity index (χ1) is 7.84. The third kappa shape index (κ3) is 1.76. The largest absolute Gasteiger partial charge is 0.310 e. The van der Waals surface area contributed by atoms with E-state index in [0.717, 1.165) is 17.5 Å². The molecule has 2 aliphatic rings. The second kappa shape index (κ2) is 4.19. The second-order valence-electron chi connectivity index (χ2n) is 4.62. The summed E-state index contributed by atoms with van der Waals surface area (Å²) in [4.78, 5) is 4.17. The average molecular weight is 235 g/mol. The Morgan fingerprint density at radius 1 is 1.38 bits per heavy atom. The van der Waals surface area contributed by atoms with Crippen molar-refractivity contribution in [1.82, 2.24) is 10.3 Å². The molecule has 84 valence electrons. The minimum atomic E-state index is 0.522. The van der Waals surface area contributed by atoms with Gasteiger partial charge in [0.1, 0.15) is 0 Å². The van der Waals surface area contributed by atoms with E-state index in [1.165, 1.54) is 30.4 Å². The van der Waals surface area contributed by atoms with Gasteiger partial charge in [0, 0.05) is 18.4 Å². The first-order valence-electron chi connectivity index (χ1n) is 5.89. The Kier molecular flexibility index (Phi) is 2.70. The Hall–Kier alpha value is -0.860. The molecule has 0 aromatic carbocycles. The summed E-state index contributed by atoms with van der Waals surface area (Å²) >= 11 is 5.99. The number of piperidine rings is 1. The molecule has 2 heterocycles. The number of aromatic nitrogens is 1. The van der Waals surface area contributed by atoms with Crippen molar-refractivity contribution in [2.45, 2.75) is 25.3 Å². The molecule has 1 aromatic heterocycles. The lowest BCUT2D eigenvalue weighted by atomic mass is 9.89. The van der Waals surface area contributed by atoms with Crippen molar-refractivity contribution < 1.29 is 0 Å². The number of hydrogen-bond donors (Lipinski definition) is 1. The molecule has 1 aliphatic carbocycles. The summed E-state index contributed by atoms with van der Waals surface area (Å²) in [7, 11) is 0. The Morgan fingerprint density at radius 2 is 2.31 bits per heavy atom. The van der Waals surface area contributed by atoms with E-state index in [4.69, 9.17) is 11.6 Å². The van der Waals surface area contributed by atoms with Crippen LogP contribution in [0.5, 0.6) is 0 Å². The van der Waals surface area contributed by atoms with Crippen LogP contribution in [-0.4, -0.2) is 17.6 Å². The zero-order chi connectivity index (χ0) is 11.0. The topological polar surface area (TPSA) is 24.9 Å². The zero-order valence-electron chi connectivity index (χ0n) is 9.12. The number of nitrogens with zero attached hydrogens (tertiary/aromatic N) is 1. The van der Waals surface area contributed by atoms with Crippen LogP contribution in [0.1, 0.15) is 24.8 Å². The summed E-state index contributed by atoms with van der Waals surface area (Å²) in [6, 6.07) is 2.54. The van der Waals surface area contributed by atoms with Crippen LogP contribution in [-0.2, 0) is 0 Å². The fourth-order valence-corrected chi connectivity index (χ4v) is 3.02. The summed E-state index contributed by atoms with van der Waals surface area (Å²) in [5.41, 5.74) is 2.56. The Morgan fingerprint density at radius 3 is 3.19 bits per heavy atom. The zero-order valence-corrected chi connectivity index (χ0v) is 9.87. The van der Waals surface area contributed by atoms with Crippen molar-refractivity contribution in [2.24, 2.45) is 5.92 Å². The maximum atomic E-state index is 5.99. The highest BCUT2D eigenvalue weighted by Crippen LogP contribution is 2.37. The van der Waals surface area contributed by atoms with Crippen molar-refractivity contribution in [1.29, 1.82) is 0 Å². The van der Waals surface area contributed by atoms with Crippen LogP contribution in [0.4, 0.5) is 0 Å². The maximum absolute atomic E-state index is 5.99. The number of halogens is 1. The molecule has 2 atom stereocenters. The third-order valence-corrected chi connectivity index (χ3v) is 3.81. The van der Waals surface area contributed by atoms with Crippen LogP contribution in [0.15, 0.2) is 24.5 Å². The van der Waals surface area contributed by atoms with Gasteiger partial charge < -0.3 is 5.32 Å². The molecule has 0 saturated carbocycles. The van der Waals surface area contributed by atoms with E-state index in [0.29, 0.717) is 6.04 Å². The van der Waals surface area contributed by atoms with E-state index in [9.17, 15) is 0 Å². The second-order valence-corrected chi connectivity index (χ2v) is 5.06. The number of allylic oxidation sites excluding steroid dienone is 1. The van der Waals surface area contributed by atoms with Crippen molar-refractivity contribution in [3.63, 3.8) is 0 Å². The predicted molar refractivity (Wildman–Crippen MR) is 66.4 cm³/mol. The van der Waals surface area contributed by atoms with Crippen LogP contribution in [0, 0.1) is 5.92 Å². The van der Waals surface area contributed by atoms with Crippen molar-refractivity contribution in [3.05, 3.63) is 35.1 Å². The molecule has 16 heavy (non-hydrogen) atoms. The van der Waals surface area contributed by atoms with Gasteiger partial charge in [-0.3, -0.25) is 4.98 Å². The summed E-state index contributed by atoms with van der Waals surface area (Å²) in [6.07, 6.45) is 9.78. The van der Waals surface area contributed by atoms with Gasteiger partial charge in [-0.15, -0.1) is 0 Å². The Bertz CT molecular complexity index is 428. The molecule has 2 nitrogen and oxygen atoms in total. The molecule has 0 radical (unpaired) electrons. The lowest BCUT2D eigenvalue weighted by Gasteiger charge is -2.29. The van der Waals surface area contributed by atoms with Gasteiger partial charge in [-0.25, -0.2) is 0 Å². The van der Waals surface area contributed by atoms with Gasteiger partial charge in [-0.1, -0.05) is 17.7 Å². The number of hydrogen-bond acceptors (Lipinski definition) is 2. The van der Waals surface area contributed by atoms with Gasteiger partial charge in [0.25, 0.3) is 0 Å². The van der Waals surface area contributed by atoms with Gasteiger partial charge in [0.15, 0.2) is 0 Å². The van der Waals surface area contributed by atoms with Crippen LogP contribution < -0.4 is 5.32 Å². The lowest BCUT2D eigenvalue weighted by molar-refractivity contribution is 0.346.